The molecular weight excluding hydrogens is 301 g/mol. The van der Waals surface area contributed by atoms with E-state index in [1.807, 2.05) is 12.1 Å². The highest BCUT2D eigenvalue weighted by Crippen LogP contribution is 2.48. The van der Waals surface area contributed by atoms with Gasteiger partial charge in [-0.1, -0.05) is 6.92 Å². The SMILES string of the molecule is CCCN(C)P(Br)c1ccc(OC)cc1OC. The van der Waals surface area contributed by atoms with Crippen LogP contribution in [0.3, 0.4) is 0 Å². The van der Waals surface area contributed by atoms with Crippen molar-refractivity contribution in [3.05, 3.63) is 18.2 Å². The fourth-order valence-electron chi connectivity index (χ4n) is 1.53. The summed E-state index contributed by atoms with van der Waals surface area (Å²) in [5, 5.41) is 1.18. The second-order valence-corrected chi connectivity index (χ2v) is 7.38. The van der Waals surface area contributed by atoms with Crippen molar-refractivity contribution in [2.75, 3.05) is 27.8 Å². The summed E-state index contributed by atoms with van der Waals surface area (Å²) >= 11 is 3.76. The van der Waals surface area contributed by atoms with Gasteiger partial charge < -0.3 is 9.47 Å². The zero-order chi connectivity index (χ0) is 12.8. The molecule has 0 fully saturated rings. The van der Waals surface area contributed by atoms with Crippen LogP contribution in [0.2, 0.25) is 0 Å². The highest BCUT2D eigenvalue weighted by molar-refractivity contribution is 9.39. The van der Waals surface area contributed by atoms with E-state index in [4.69, 9.17) is 9.47 Å². The highest BCUT2D eigenvalue weighted by atomic mass is 79.9. The maximum absolute atomic E-state index is 5.42. The van der Waals surface area contributed by atoms with Gasteiger partial charge in [0.05, 0.1) is 21.0 Å². The Hall–Kier alpha value is -0.310. The third-order valence-corrected chi connectivity index (χ3v) is 6.77. The highest BCUT2D eigenvalue weighted by Gasteiger charge is 2.17. The summed E-state index contributed by atoms with van der Waals surface area (Å²) in [6, 6.07) is 5.95. The number of nitrogens with zero attached hydrogens (tertiary/aromatic N) is 1. The lowest BCUT2D eigenvalue weighted by atomic mass is 10.3. The van der Waals surface area contributed by atoms with Crippen molar-refractivity contribution < 1.29 is 9.47 Å². The molecule has 1 aromatic rings. The predicted molar refractivity (Wildman–Crippen MR) is 77.9 cm³/mol. The molecule has 0 aliphatic carbocycles. The van der Waals surface area contributed by atoms with Crippen molar-refractivity contribution in [3.8, 4) is 11.5 Å². The molecule has 5 heteroatoms. The molecule has 0 bridgehead atoms. The summed E-state index contributed by atoms with van der Waals surface area (Å²) in [7, 11) is 5.47. The minimum atomic E-state index is -0.522. The zero-order valence-electron chi connectivity index (χ0n) is 10.7. The van der Waals surface area contributed by atoms with E-state index in [1.165, 1.54) is 5.30 Å². The maximum Gasteiger partial charge on any atom is 0.132 e. The second-order valence-electron chi connectivity index (χ2n) is 3.68. The third kappa shape index (κ3) is 3.84. The molecule has 0 saturated carbocycles. The second kappa shape index (κ2) is 7.20. The Morgan fingerprint density at radius 1 is 1.29 bits per heavy atom. The summed E-state index contributed by atoms with van der Waals surface area (Å²) < 4.78 is 12.9. The molecule has 0 spiro atoms. The summed E-state index contributed by atoms with van der Waals surface area (Å²) in [4.78, 5) is 0. The van der Waals surface area contributed by atoms with Crippen molar-refractivity contribution >= 4 is 27.6 Å². The van der Waals surface area contributed by atoms with Crippen LogP contribution < -0.4 is 14.8 Å². The lowest BCUT2D eigenvalue weighted by molar-refractivity contribution is 0.396. The Kier molecular flexibility index (Phi) is 6.24. The van der Waals surface area contributed by atoms with Crippen molar-refractivity contribution in [1.29, 1.82) is 0 Å². The molecule has 0 saturated heterocycles. The number of methoxy groups -OCH3 is 2. The smallest absolute Gasteiger partial charge is 0.132 e. The van der Waals surface area contributed by atoms with Crippen molar-refractivity contribution in [3.63, 3.8) is 0 Å². The molecule has 17 heavy (non-hydrogen) atoms. The summed E-state index contributed by atoms with van der Waals surface area (Å²) in [5.74, 6) is 1.69. The van der Waals surface area contributed by atoms with Gasteiger partial charge in [-0.2, -0.15) is 0 Å². The lowest BCUT2D eigenvalue weighted by Crippen LogP contribution is -2.17. The van der Waals surface area contributed by atoms with Crippen LogP contribution >= 0.6 is 22.3 Å². The summed E-state index contributed by atoms with van der Waals surface area (Å²) in [5.41, 5.74) is 0. The minimum absolute atomic E-state index is 0.522. The molecule has 0 N–H and O–H groups in total. The van der Waals surface area contributed by atoms with E-state index in [1.54, 1.807) is 14.2 Å². The van der Waals surface area contributed by atoms with Crippen molar-refractivity contribution in [1.82, 2.24) is 4.67 Å². The number of benzene rings is 1. The number of rotatable bonds is 6. The van der Waals surface area contributed by atoms with E-state index in [0.29, 0.717) is 0 Å². The molecule has 1 aromatic carbocycles. The van der Waals surface area contributed by atoms with Crippen LogP contribution in [0, 0.1) is 0 Å². The van der Waals surface area contributed by atoms with Gasteiger partial charge in [0, 0.05) is 17.9 Å². The van der Waals surface area contributed by atoms with Gasteiger partial charge in [0.25, 0.3) is 0 Å². The molecule has 0 aliphatic rings. The standard InChI is InChI=1S/C12H19BrNO2P/c1-5-8-14(2)17(13)12-7-6-10(15-3)9-11(12)16-4/h6-7,9H,5,8H2,1-4H3. The molecule has 0 amide bonds. The van der Waals surface area contributed by atoms with E-state index in [9.17, 15) is 0 Å². The number of halogens is 1. The van der Waals surface area contributed by atoms with E-state index < -0.39 is 6.77 Å². The molecule has 1 atom stereocenters. The Balaban J connectivity index is 2.96. The van der Waals surface area contributed by atoms with Crippen LogP contribution in [-0.4, -0.2) is 32.5 Å². The Labute approximate surface area is 113 Å². The molecule has 3 nitrogen and oxygen atoms in total. The van der Waals surface area contributed by atoms with Crippen LogP contribution in [-0.2, 0) is 0 Å². The first-order chi connectivity index (χ1) is 8.13. The average Bonchev–Trinajstić information content (AvgIpc) is 2.37. The summed E-state index contributed by atoms with van der Waals surface area (Å²) in [6.07, 6.45) is 1.14. The van der Waals surface area contributed by atoms with Gasteiger partial charge in [-0.15, -0.1) is 0 Å². The topological polar surface area (TPSA) is 21.7 Å². The fraction of sp³-hybridized carbons (Fsp3) is 0.500. The monoisotopic (exact) mass is 319 g/mol. The van der Waals surface area contributed by atoms with Crippen LogP contribution in [0.25, 0.3) is 0 Å². The Morgan fingerprint density at radius 3 is 2.53 bits per heavy atom. The van der Waals surface area contributed by atoms with Crippen LogP contribution in [0.15, 0.2) is 18.2 Å². The van der Waals surface area contributed by atoms with Crippen molar-refractivity contribution in [2.45, 2.75) is 13.3 Å². The lowest BCUT2D eigenvalue weighted by Gasteiger charge is -2.24. The molecule has 1 rings (SSSR count). The van der Waals surface area contributed by atoms with Gasteiger partial charge in [0.2, 0.25) is 0 Å². The molecule has 0 aliphatic heterocycles. The van der Waals surface area contributed by atoms with Gasteiger partial charge in [0.15, 0.2) is 0 Å². The van der Waals surface area contributed by atoms with E-state index in [-0.39, 0.29) is 0 Å². The Morgan fingerprint density at radius 2 is 2.00 bits per heavy atom. The quantitative estimate of drug-likeness (QED) is 0.750. The first-order valence-corrected chi connectivity index (χ1v) is 8.84. The van der Waals surface area contributed by atoms with Gasteiger partial charge in [-0.25, -0.2) is 0 Å². The number of hydrogen-bond acceptors (Lipinski definition) is 3. The largest absolute Gasteiger partial charge is 0.497 e. The molecule has 0 radical (unpaired) electrons. The molecule has 0 aromatic heterocycles. The van der Waals surface area contributed by atoms with Gasteiger partial charge >= 0.3 is 0 Å². The molecule has 0 heterocycles. The van der Waals surface area contributed by atoms with Crippen LogP contribution in [0.1, 0.15) is 13.3 Å². The minimum Gasteiger partial charge on any atom is -0.497 e. The maximum atomic E-state index is 5.42. The van der Waals surface area contributed by atoms with E-state index >= 15 is 0 Å². The van der Waals surface area contributed by atoms with E-state index in [2.05, 4.69) is 40.2 Å². The predicted octanol–water partition coefficient (Wildman–Crippen LogP) is 3.38. The first kappa shape index (κ1) is 14.7. The number of ether oxygens (including phenoxy) is 2. The van der Waals surface area contributed by atoms with Gasteiger partial charge in [-0.3, -0.25) is 4.67 Å². The van der Waals surface area contributed by atoms with Gasteiger partial charge in [-0.05, 0) is 41.1 Å². The summed E-state index contributed by atoms with van der Waals surface area (Å²) in [6.45, 7) is 2.72. The molecular formula is C12H19BrNO2P. The first-order valence-electron chi connectivity index (χ1n) is 5.53. The molecule has 1 unspecified atom stereocenters. The normalized spacial score (nSPS) is 12.6. The Bertz CT molecular complexity index is 362. The zero-order valence-corrected chi connectivity index (χ0v) is 13.2. The van der Waals surface area contributed by atoms with Crippen molar-refractivity contribution in [2.24, 2.45) is 0 Å². The molecule has 96 valence electrons. The average molecular weight is 320 g/mol. The van der Waals surface area contributed by atoms with Crippen LogP contribution in [0.4, 0.5) is 0 Å². The fourth-order valence-corrected chi connectivity index (χ4v) is 4.17. The van der Waals surface area contributed by atoms with Crippen LogP contribution in [0.5, 0.6) is 11.5 Å². The number of hydrogen-bond donors (Lipinski definition) is 0. The van der Waals surface area contributed by atoms with E-state index in [0.717, 1.165) is 24.5 Å². The third-order valence-electron chi connectivity index (χ3n) is 2.43. The van der Waals surface area contributed by atoms with Gasteiger partial charge in [0.1, 0.15) is 11.5 Å².